The largest absolute Gasteiger partial charge is 0.354 e. The Labute approximate surface area is 259 Å². The predicted molar refractivity (Wildman–Crippen MR) is 171 cm³/mol. The summed E-state index contributed by atoms with van der Waals surface area (Å²) in [5.74, 6) is -1.55. The van der Waals surface area contributed by atoms with E-state index in [0.29, 0.717) is 17.8 Å². The first-order chi connectivity index (χ1) is 21.2. The molecule has 0 heterocycles. The van der Waals surface area contributed by atoms with E-state index < -0.39 is 34.3 Å². The van der Waals surface area contributed by atoms with Gasteiger partial charge < -0.3 is 10.2 Å². The van der Waals surface area contributed by atoms with E-state index in [1.54, 1.807) is 67.6 Å². The molecule has 0 spiro atoms. The summed E-state index contributed by atoms with van der Waals surface area (Å²) >= 11 is 0. The molecule has 7 nitrogen and oxygen atoms in total. The van der Waals surface area contributed by atoms with E-state index in [2.05, 4.69) is 5.32 Å². The summed E-state index contributed by atoms with van der Waals surface area (Å²) in [7, 11) is -4.20. The molecule has 2 amide bonds. The monoisotopic (exact) mass is 615 g/mol. The summed E-state index contributed by atoms with van der Waals surface area (Å²) in [6.07, 6.45) is 1.78. The molecular formula is C35H38FN3O4S. The Bertz CT molecular complexity index is 1650. The van der Waals surface area contributed by atoms with Crippen LogP contribution in [0.5, 0.6) is 0 Å². The van der Waals surface area contributed by atoms with E-state index in [0.717, 1.165) is 22.7 Å². The Morgan fingerprint density at radius 3 is 2.11 bits per heavy atom. The van der Waals surface area contributed by atoms with Gasteiger partial charge in [0.25, 0.3) is 10.0 Å². The van der Waals surface area contributed by atoms with E-state index in [1.165, 1.54) is 23.1 Å². The van der Waals surface area contributed by atoms with Gasteiger partial charge in [-0.1, -0.05) is 98.3 Å². The second-order valence-corrected chi connectivity index (χ2v) is 12.4. The number of hydrogen-bond acceptors (Lipinski definition) is 4. The van der Waals surface area contributed by atoms with Gasteiger partial charge in [-0.2, -0.15) is 0 Å². The SMILES string of the molecule is CCCCNC(=O)[C@@H](Cc1ccccc1)N(Cc1ccccc1F)C(=O)CN(c1ccccc1C)S(=O)(=O)c1ccccc1. The van der Waals surface area contributed by atoms with Gasteiger partial charge in [0.05, 0.1) is 10.6 Å². The third-order valence-corrected chi connectivity index (χ3v) is 9.17. The summed E-state index contributed by atoms with van der Waals surface area (Å²) in [5, 5.41) is 2.93. The number of benzene rings is 4. The lowest BCUT2D eigenvalue weighted by molar-refractivity contribution is -0.140. The Kier molecular flexibility index (Phi) is 11.3. The van der Waals surface area contributed by atoms with Gasteiger partial charge in [-0.15, -0.1) is 0 Å². The van der Waals surface area contributed by atoms with Crippen LogP contribution in [0, 0.1) is 12.7 Å². The van der Waals surface area contributed by atoms with Gasteiger partial charge in [0.2, 0.25) is 11.8 Å². The number of para-hydroxylation sites is 1. The van der Waals surface area contributed by atoms with Gasteiger partial charge in [0, 0.05) is 25.1 Å². The number of sulfonamides is 1. The highest BCUT2D eigenvalue weighted by Gasteiger charge is 2.35. The number of carbonyl (C=O) groups excluding carboxylic acids is 2. The quantitative estimate of drug-likeness (QED) is 0.179. The summed E-state index contributed by atoms with van der Waals surface area (Å²) in [6, 6.07) is 29.1. The first-order valence-corrected chi connectivity index (χ1v) is 16.1. The molecule has 0 saturated heterocycles. The molecule has 0 aromatic heterocycles. The van der Waals surface area contributed by atoms with Crippen molar-refractivity contribution in [3.63, 3.8) is 0 Å². The number of nitrogens with zero attached hydrogens (tertiary/aromatic N) is 2. The smallest absolute Gasteiger partial charge is 0.264 e. The highest BCUT2D eigenvalue weighted by molar-refractivity contribution is 7.92. The first-order valence-electron chi connectivity index (χ1n) is 14.7. The molecule has 1 atom stereocenters. The number of carbonyl (C=O) groups is 2. The minimum absolute atomic E-state index is 0.0230. The van der Waals surface area contributed by atoms with Crippen LogP contribution in [0.2, 0.25) is 0 Å². The van der Waals surface area contributed by atoms with E-state index in [9.17, 15) is 22.4 Å². The summed E-state index contributed by atoms with van der Waals surface area (Å²) in [4.78, 5) is 29.5. The molecule has 4 aromatic carbocycles. The fourth-order valence-corrected chi connectivity index (χ4v) is 6.45. The lowest BCUT2D eigenvalue weighted by Crippen LogP contribution is -2.53. The van der Waals surface area contributed by atoms with Crippen LogP contribution in [0.1, 0.15) is 36.5 Å². The second kappa shape index (κ2) is 15.3. The first kappa shape index (κ1) is 32.4. The Morgan fingerprint density at radius 2 is 1.45 bits per heavy atom. The number of aryl methyl sites for hydroxylation is 1. The number of rotatable bonds is 14. The van der Waals surface area contributed by atoms with Crippen LogP contribution in [0.15, 0.2) is 114 Å². The maximum Gasteiger partial charge on any atom is 0.264 e. The van der Waals surface area contributed by atoms with Crippen molar-refractivity contribution in [1.82, 2.24) is 10.2 Å². The molecule has 0 aliphatic rings. The standard InChI is InChI=1S/C35H38FN3O4S/c1-3-4-23-37-35(41)33(24-28-16-7-5-8-17-28)38(25-29-18-12-13-21-31(29)36)34(40)26-39(32-22-14-11-15-27(32)2)44(42,43)30-19-9-6-10-20-30/h5-22,33H,3-4,23-26H2,1-2H3,(H,37,41)/t33-/m1/s1. The van der Waals surface area contributed by atoms with Gasteiger partial charge in [-0.25, -0.2) is 12.8 Å². The molecule has 0 fully saturated rings. The third kappa shape index (κ3) is 8.11. The average molecular weight is 616 g/mol. The molecule has 44 heavy (non-hydrogen) atoms. The molecule has 230 valence electrons. The highest BCUT2D eigenvalue weighted by Crippen LogP contribution is 2.27. The van der Waals surface area contributed by atoms with Gasteiger partial charge in [-0.05, 0) is 48.7 Å². The summed E-state index contributed by atoms with van der Waals surface area (Å²) < 4.78 is 44.2. The lowest BCUT2D eigenvalue weighted by Gasteiger charge is -2.34. The van der Waals surface area contributed by atoms with Crippen molar-refractivity contribution in [3.05, 3.63) is 132 Å². The van der Waals surface area contributed by atoms with E-state index in [4.69, 9.17) is 0 Å². The van der Waals surface area contributed by atoms with Crippen LogP contribution in [-0.2, 0) is 32.6 Å². The zero-order chi connectivity index (χ0) is 31.5. The zero-order valence-corrected chi connectivity index (χ0v) is 25.8. The van der Waals surface area contributed by atoms with Crippen LogP contribution in [0.4, 0.5) is 10.1 Å². The molecule has 0 unspecified atom stereocenters. The maximum absolute atomic E-state index is 15.0. The zero-order valence-electron chi connectivity index (χ0n) is 25.0. The Morgan fingerprint density at radius 1 is 0.841 bits per heavy atom. The van der Waals surface area contributed by atoms with Gasteiger partial charge in [0.15, 0.2) is 0 Å². The highest BCUT2D eigenvalue weighted by atomic mass is 32.2. The van der Waals surface area contributed by atoms with Crippen LogP contribution in [0.25, 0.3) is 0 Å². The fourth-order valence-electron chi connectivity index (χ4n) is 4.95. The molecule has 4 rings (SSSR count). The summed E-state index contributed by atoms with van der Waals surface area (Å²) in [5.41, 5.74) is 2.01. The van der Waals surface area contributed by atoms with Crippen molar-refractivity contribution < 1.29 is 22.4 Å². The van der Waals surface area contributed by atoms with Crippen molar-refractivity contribution in [1.29, 1.82) is 0 Å². The number of unbranched alkanes of at least 4 members (excludes halogenated alkanes) is 1. The van der Waals surface area contributed by atoms with E-state index >= 15 is 0 Å². The Balaban J connectivity index is 1.80. The van der Waals surface area contributed by atoms with Crippen molar-refractivity contribution in [2.75, 3.05) is 17.4 Å². The van der Waals surface area contributed by atoms with E-state index in [1.807, 2.05) is 37.3 Å². The minimum atomic E-state index is -4.20. The number of nitrogens with one attached hydrogen (secondary N) is 1. The van der Waals surface area contributed by atoms with Crippen molar-refractivity contribution in [2.24, 2.45) is 0 Å². The normalized spacial score (nSPS) is 11.9. The van der Waals surface area contributed by atoms with Crippen molar-refractivity contribution in [3.8, 4) is 0 Å². The fraction of sp³-hybridized carbons (Fsp3) is 0.257. The topological polar surface area (TPSA) is 86.8 Å². The van der Waals surface area contributed by atoms with Crippen LogP contribution < -0.4 is 9.62 Å². The second-order valence-electron chi connectivity index (χ2n) is 10.6. The van der Waals surface area contributed by atoms with Crippen LogP contribution in [0.3, 0.4) is 0 Å². The van der Waals surface area contributed by atoms with Crippen molar-refractivity contribution in [2.45, 2.75) is 50.6 Å². The van der Waals surface area contributed by atoms with Gasteiger partial charge >= 0.3 is 0 Å². The molecule has 0 bridgehead atoms. The Hall–Kier alpha value is -4.50. The number of amides is 2. The molecule has 0 radical (unpaired) electrons. The molecule has 1 N–H and O–H groups in total. The van der Waals surface area contributed by atoms with Crippen molar-refractivity contribution >= 4 is 27.5 Å². The third-order valence-electron chi connectivity index (χ3n) is 7.39. The summed E-state index contributed by atoms with van der Waals surface area (Å²) in [6.45, 7) is 3.38. The molecule has 0 aliphatic heterocycles. The number of anilines is 1. The van der Waals surface area contributed by atoms with Crippen LogP contribution in [-0.4, -0.2) is 44.3 Å². The molecule has 9 heteroatoms. The molecule has 0 aliphatic carbocycles. The van der Waals surface area contributed by atoms with Gasteiger partial charge in [-0.3, -0.25) is 13.9 Å². The predicted octanol–water partition coefficient (Wildman–Crippen LogP) is 5.89. The van der Waals surface area contributed by atoms with Crippen LogP contribution >= 0.6 is 0 Å². The minimum Gasteiger partial charge on any atom is -0.354 e. The maximum atomic E-state index is 15.0. The van der Waals surface area contributed by atoms with E-state index in [-0.39, 0.29) is 29.3 Å². The average Bonchev–Trinajstić information content (AvgIpc) is 3.03. The molecule has 4 aromatic rings. The number of halogens is 1. The lowest BCUT2D eigenvalue weighted by atomic mass is 10.0. The number of hydrogen-bond donors (Lipinski definition) is 1. The molecular weight excluding hydrogens is 577 g/mol. The van der Waals surface area contributed by atoms with Gasteiger partial charge in [0.1, 0.15) is 18.4 Å². The molecule has 0 saturated carbocycles.